The Morgan fingerprint density at radius 1 is 1.07 bits per heavy atom. The van der Waals surface area contributed by atoms with Crippen LogP contribution in [0.3, 0.4) is 0 Å². The second-order valence-corrected chi connectivity index (χ2v) is 7.25. The van der Waals surface area contributed by atoms with E-state index in [4.69, 9.17) is 4.74 Å². The number of likely N-dealkylation sites (tertiary alicyclic amines) is 1. The molecule has 0 aromatic heterocycles. The van der Waals surface area contributed by atoms with Crippen LogP contribution in [0.1, 0.15) is 35.2 Å². The number of para-hydroxylation sites is 1. The van der Waals surface area contributed by atoms with Gasteiger partial charge < -0.3 is 20.3 Å². The number of hydrogen-bond donors (Lipinski definition) is 2. The van der Waals surface area contributed by atoms with Gasteiger partial charge in [-0.2, -0.15) is 0 Å². The minimum Gasteiger partial charge on any atom is -0.496 e. The molecule has 1 aliphatic rings. The zero-order chi connectivity index (χ0) is 20.5. The molecule has 2 amide bonds. The normalized spacial score (nSPS) is 13.8. The molecule has 0 aliphatic carbocycles. The Labute approximate surface area is 172 Å². The Morgan fingerprint density at radius 2 is 1.86 bits per heavy atom. The predicted molar refractivity (Wildman–Crippen MR) is 114 cm³/mol. The summed E-state index contributed by atoms with van der Waals surface area (Å²) in [5.74, 6) is 0.140. The van der Waals surface area contributed by atoms with Crippen LogP contribution in [0, 0.1) is 0 Å². The van der Waals surface area contributed by atoms with Crippen LogP contribution >= 0.6 is 0 Å². The van der Waals surface area contributed by atoms with Crippen LogP contribution in [0.4, 0.5) is 5.69 Å². The van der Waals surface area contributed by atoms with E-state index in [-0.39, 0.29) is 24.8 Å². The van der Waals surface area contributed by atoms with Gasteiger partial charge in [-0.15, -0.1) is 0 Å². The van der Waals surface area contributed by atoms with E-state index >= 15 is 0 Å². The van der Waals surface area contributed by atoms with Crippen LogP contribution in [0.2, 0.25) is 0 Å². The van der Waals surface area contributed by atoms with Crippen molar-refractivity contribution < 1.29 is 14.3 Å². The molecule has 29 heavy (non-hydrogen) atoms. The highest BCUT2D eigenvalue weighted by Gasteiger charge is 2.12. The van der Waals surface area contributed by atoms with Crippen LogP contribution < -0.4 is 15.4 Å². The summed E-state index contributed by atoms with van der Waals surface area (Å²) < 4.78 is 5.19. The summed E-state index contributed by atoms with van der Waals surface area (Å²) in [6.07, 6.45) is 3.78. The second-order valence-electron chi connectivity index (χ2n) is 7.25. The first-order chi connectivity index (χ1) is 14.2. The number of carbonyl (C=O) groups excluding carboxylic acids is 2. The number of ether oxygens (including phenoxy) is 1. The standard InChI is InChI=1S/C23H29N3O3/c1-29-21-10-3-2-9-20(21)23(28)24-13-11-22(27)25-19-8-6-7-18(17-19)12-16-26-14-4-5-15-26/h2-3,6-10,17H,4-5,11-16H2,1H3,(H,24,28)(H,25,27). The van der Waals surface area contributed by atoms with Crippen molar-refractivity contribution in [3.05, 3.63) is 59.7 Å². The van der Waals surface area contributed by atoms with Crippen molar-refractivity contribution in [1.82, 2.24) is 10.2 Å². The molecular formula is C23H29N3O3. The second kappa shape index (κ2) is 10.6. The molecule has 1 aliphatic heterocycles. The van der Waals surface area contributed by atoms with Gasteiger partial charge in [-0.05, 0) is 62.2 Å². The summed E-state index contributed by atoms with van der Waals surface area (Å²) in [4.78, 5) is 27.0. The molecule has 2 aromatic carbocycles. The van der Waals surface area contributed by atoms with Gasteiger partial charge in [-0.1, -0.05) is 24.3 Å². The molecule has 0 unspecified atom stereocenters. The fraction of sp³-hybridized carbons (Fsp3) is 0.391. The molecular weight excluding hydrogens is 366 g/mol. The van der Waals surface area contributed by atoms with Crippen LogP contribution in [0.25, 0.3) is 0 Å². The number of carbonyl (C=O) groups is 2. The van der Waals surface area contributed by atoms with Gasteiger partial charge in [0.25, 0.3) is 5.91 Å². The van der Waals surface area contributed by atoms with Crippen molar-refractivity contribution in [2.45, 2.75) is 25.7 Å². The predicted octanol–water partition coefficient (Wildman–Crippen LogP) is 3.09. The molecule has 6 heteroatoms. The van der Waals surface area contributed by atoms with Gasteiger partial charge in [0.05, 0.1) is 12.7 Å². The lowest BCUT2D eigenvalue weighted by Gasteiger charge is -2.14. The van der Waals surface area contributed by atoms with Crippen LogP contribution in [-0.4, -0.2) is 50.0 Å². The molecule has 0 bridgehead atoms. The average Bonchev–Trinajstić information content (AvgIpc) is 3.26. The van der Waals surface area contributed by atoms with E-state index in [1.807, 2.05) is 24.3 Å². The van der Waals surface area contributed by atoms with Gasteiger partial charge in [-0.25, -0.2) is 0 Å². The maximum atomic E-state index is 12.3. The Morgan fingerprint density at radius 3 is 2.66 bits per heavy atom. The van der Waals surface area contributed by atoms with Crippen LogP contribution in [0.15, 0.2) is 48.5 Å². The molecule has 0 atom stereocenters. The zero-order valence-corrected chi connectivity index (χ0v) is 16.9. The number of nitrogens with one attached hydrogen (secondary N) is 2. The third-order valence-corrected chi connectivity index (χ3v) is 5.12. The first kappa shape index (κ1) is 20.9. The Hall–Kier alpha value is -2.86. The van der Waals surface area contributed by atoms with Crippen molar-refractivity contribution in [3.8, 4) is 5.75 Å². The minimum absolute atomic E-state index is 0.123. The number of anilines is 1. The van der Waals surface area contributed by atoms with E-state index < -0.39 is 0 Å². The largest absolute Gasteiger partial charge is 0.496 e. The summed E-state index contributed by atoms with van der Waals surface area (Å²) in [5.41, 5.74) is 2.48. The molecule has 0 radical (unpaired) electrons. The third-order valence-electron chi connectivity index (χ3n) is 5.12. The van der Waals surface area contributed by atoms with E-state index in [1.165, 1.54) is 38.6 Å². The van der Waals surface area contributed by atoms with Gasteiger partial charge in [0.1, 0.15) is 5.75 Å². The van der Waals surface area contributed by atoms with Crippen molar-refractivity contribution in [1.29, 1.82) is 0 Å². The van der Waals surface area contributed by atoms with Gasteiger partial charge in [0.15, 0.2) is 0 Å². The van der Waals surface area contributed by atoms with E-state index in [0.29, 0.717) is 11.3 Å². The van der Waals surface area contributed by atoms with Crippen molar-refractivity contribution in [3.63, 3.8) is 0 Å². The number of rotatable bonds is 9. The van der Waals surface area contributed by atoms with E-state index in [9.17, 15) is 9.59 Å². The fourth-order valence-electron chi connectivity index (χ4n) is 3.54. The van der Waals surface area contributed by atoms with Gasteiger partial charge in [0, 0.05) is 25.2 Å². The van der Waals surface area contributed by atoms with Crippen molar-refractivity contribution in [2.24, 2.45) is 0 Å². The number of methoxy groups -OCH3 is 1. The Kier molecular flexibility index (Phi) is 7.64. The van der Waals surface area contributed by atoms with Gasteiger partial charge >= 0.3 is 0 Å². The number of benzene rings is 2. The first-order valence-corrected chi connectivity index (χ1v) is 10.2. The van der Waals surface area contributed by atoms with E-state index in [1.54, 1.807) is 18.2 Å². The van der Waals surface area contributed by atoms with E-state index in [0.717, 1.165) is 18.7 Å². The molecule has 3 rings (SSSR count). The summed E-state index contributed by atoms with van der Waals surface area (Å²) in [7, 11) is 1.53. The highest BCUT2D eigenvalue weighted by Crippen LogP contribution is 2.17. The number of amides is 2. The Bertz CT molecular complexity index is 832. The van der Waals surface area contributed by atoms with Gasteiger partial charge in [0.2, 0.25) is 5.91 Å². The third kappa shape index (κ3) is 6.32. The summed E-state index contributed by atoms with van der Waals surface area (Å²) in [5, 5.41) is 5.69. The number of hydrogen-bond acceptors (Lipinski definition) is 4. The fourth-order valence-corrected chi connectivity index (χ4v) is 3.54. The molecule has 2 N–H and O–H groups in total. The lowest BCUT2D eigenvalue weighted by Crippen LogP contribution is -2.28. The van der Waals surface area contributed by atoms with Crippen LogP contribution in [-0.2, 0) is 11.2 Å². The van der Waals surface area contributed by atoms with Crippen molar-refractivity contribution >= 4 is 17.5 Å². The summed E-state index contributed by atoms with van der Waals surface area (Å²) in [6, 6.07) is 15.0. The lowest BCUT2D eigenvalue weighted by atomic mass is 10.1. The number of nitrogens with zero attached hydrogens (tertiary/aromatic N) is 1. The van der Waals surface area contributed by atoms with E-state index in [2.05, 4.69) is 21.6 Å². The summed E-state index contributed by atoms with van der Waals surface area (Å²) >= 11 is 0. The maximum Gasteiger partial charge on any atom is 0.255 e. The smallest absolute Gasteiger partial charge is 0.255 e. The monoisotopic (exact) mass is 395 g/mol. The highest BCUT2D eigenvalue weighted by molar-refractivity contribution is 5.97. The topological polar surface area (TPSA) is 70.7 Å². The van der Waals surface area contributed by atoms with Gasteiger partial charge in [-0.3, -0.25) is 9.59 Å². The molecule has 154 valence electrons. The SMILES string of the molecule is COc1ccccc1C(=O)NCCC(=O)Nc1cccc(CCN2CCCC2)c1. The Balaban J connectivity index is 1.43. The average molecular weight is 396 g/mol. The maximum absolute atomic E-state index is 12.3. The zero-order valence-electron chi connectivity index (χ0n) is 16.9. The summed E-state index contributed by atoms with van der Waals surface area (Å²) in [6.45, 7) is 3.71. The lowest BCUT2D eigenvalue weighted by molar-refractivity contribution is -0.116. The molecule has 1 saturated heterocycles. The molecule has 6 nitrogen and oxygen atoms in total. The molecule has 0 saturated carbocycles. The molecule has 2 aromatic rings. The molecule has 1 heterocycles. The molecule has 0 spiro atoms. The van der Waals surface area contributed by atoms with Crippen molar-refractivity contribution in [2.75, 3.05) is 38.6 Å². The minimum atomic E-state index is -0.251. The quantitative estimate of drug-likeness (QED) is 0.685. The van der Waals surface area contributed by atoms with Crippen LogP contribution in [0.5, 0.6) is 5.75 Å². The molecule has 1 fully saturated rings. The first-order valence-electron chi connectivity index (χ1n) is 10.2. The highest BCUT2D eigenvalue weighted by atomic mass is 16.5.